The van der Waals surface area contributed by atoms with Crippen molar-refractivity contribution in [3.8, 4) is 0 Å². The number of aryl methyl sites for hydroxylation is 2. The van der Waals surface area contributed by atoms with Crippen LogP contribution in [-0.4, -0.2) is 19.9 Å². The molecule has 2 heterocycles. The van der Waals surface area contributed by atoms with E-state index in [1.165, 1.54) is 111 Å². The predicted octanol–water partition coefficient (Wildman–Crippen LogP) is 11.6. The van der Waals surface area contributed by atoms with Gasteiger partial charge < -0.3 is 14.5 Å². The van der Waals surface area contributed by atoms with Crippen LogP contribution in [-0.2, 0) is 22.0 Å². The fourth-order valence-electron chi connectivity index (χ4n) is 8.40. The SMILES string of the molecule is CCOCCCCCCCCc1ccc2c(c1)N(c1ccc(C(C)(C)C)cc1)c1cccc3c1B2c1ccc(C)cc1N3c1ccc(C(C)(C)C)cc1. The monoisotopic (exact) mass is 702 g/mol. The van der Waals surface area contributed by atoms with Crippen molar-refractivity contribution >= 4 is 57.2 Å². The molecule has 0 amide bonds. The Morgan fingerprint density at radius 3 is 1.60 bits per heavy atom. The number of nitrogens with zero attached hydrogens (tertiary/aromatic N) is 2. The smallest absolute Gasteiger partial charge is 0.252 e. The van der Waals surface area contributed by atoms with Crippen LogP contribution in [0.4, 0.5) is 34.1 Å². The van der Waals surface area contributed by atoms with Crippen LogP contribution < -0.4 is 26.2 Å². The number of benzene rings is 5. The molecule has 2 aliphatic heterocycles. The Labute approximate surface area is 320 Å². The number of hydrogen-bond donors (Lipinski definition) is 0. The van der Waals surface area contributed by atoms with Gasteiger partial charge in [-0.3, -0.25) is 0 Å². The van der Waals surface area contributed by atoms with Crippen molar-refractivity contribution in [2.75, 3.05) is 23.0 Å². The highest BCUT2D eigenvalue weighted by molar-refractivity contribution is 7.00. The number of ether oxygens (including phenoxy) is 1. The first-order valence-electron chi connectivity index (χ1n) is 20.2. The third-order valence-corrected chi connectivity index (χ3v) is 11.4. The lowest BCUT2D eigenvalue weighted by atomic mass is 9.33. The highest BCUT2D eigenvalue weighted by Crippen LogP contribution is 2.44. The highest BCUT2D eigenvalue weighted by atomic mass is 16.5. The molecule has 4 heteroatoms. The van der Waals surface area contributed by atoms with Crippen molar-refractivity contribution in [3.63, 3.8) is 0 Å². The van der Waals surface area contributed by atoms with Gasteiger partial charge in [0.15, 0.2) is 0 Å². The van der Waals surface area contributed by atoms with Gasteiger partial charge in [-0.1, -0.05) is 122 Å². The van der Waals surface area contributed by atoms with Crippen molar-refractivity contribution < 1.29 is 4.74 Å². The topological polar surface area (TPSA) is 15.7 Å². The summed E-state index contributed by atoms with van der Waals surface area (Å²) in [6.07, 6.45) is 8.65. The first kappa shape index (κ1) is 37.1. The molecule has 0 saturated heterocycles. The molecule has 3 nitrogen and oxygen atoms in total. The van der Waals surface area contributed by atoms with E-state index in [9.17, 15) is 0 Å². The highest BCUT2D eigenvalue weighted by Gasteiger charge is 2.43. The number of fused-ring (bicyclic) bond motifs is 4. The largest absolute Gasteiger partial charge is 0.382 e. The molecular formula is C49H59BN2O. The molecule has 2 aliphatic rings. The van der Waals surface area contributed by atoms with Crippen molar-refractivity contribution in [1.29, 1.82) is 0 Å². The number of hydrogen-bond acceptors (Lipinski definition) is 3. The minimum Gasteiger partial charge on any atom is -0.382 e. The van der Waals surface area contributed by atoms with E-state index in [4.69, 9.17) is 4.74 Å². The maximum Gasteiger partial charge on any atom is 0.252 e. The van der Waals surface area contributed by atoms with Crippen molar-refractivity contribution in [3.05, 3.63) is 125 Å². The number of rotatable bonds is 12. The molecule has 53 heavy (non-hydrogen) atoms. The second kappa shape index (κ2) is 15.2. The predicted molar refractivity (Wildman–Crippen MR) is 230 cm³/mol. The van der Waals surface area contributed by atoms with E-state index < -0.39 is 0 Å². The summed E-state index contributed by atoms with van der Waals surface area (Å²) in [5.41, 5.74) is 17.3. The summed E-state index contributed by atoms with van der Waals surface area (Å²) in [4.78, 5) is 5.07. The first-order valence-corrected chi connectivity index (χ1v) is 20.2. The number of anilines is 6. The van der Waals surface area contributed by atoms with E-state index in [2.05, 4.69) is 168 Å². The zero-order valence-corrected chi connectivity index (χ0v) is 33.6. The lowest BCUT2D eigenvalue weighted by molar-refractivity contribution is 0.143. The van der Waals surface area contributed by atoms with Crippen molar-refractivity contribution in [2.24, 2.45) is 0 Å². The van der Waals surface area contributed by atoms with E-state index in [-0.39, 0.29) is 17.5 Å². The fraction of sp³-hybridized carbons (Fsp3) is 0.388. The average Bonchev–Trinajstić information content (AvgIpc) is 3.13. The van der Waals surface area contributed by atoms with Crippen molar-refractivity contribution in [2.45, 2.75) is 111 Å². The molecule has 0 bridgehead atoms. The zero-order chi connectivity index (χ0) is 37.3. The lowest BCUT2D eigenvalue weighted by Gasteiger charge is -2.44. The van der Waals surface area contributed by atoms with Gasteiger partial charge in [-0.15, -0.1) is 0 Å². The standard InChI is InChI=1S/C49H59BN2O/c1-9-53-32-15-13-11-10-12-14-17-36-21-31-42-46(34-36)52(40-28-24-38(25-29-40)49(6,7)8)44-19-16-18-43-47(44)50(42)41-30-20-35(2)33-45(41)51(43)39-26-22-37(23-27-39)48(3,4)5/h16,18-31,33-34H,9-15,17,32H2,1-8H3. The molecule has 0 aromatic heterocycles. The van der Waals surface area contributed by atoms with Gasteiger partial charge >= 0.3 is 0 Å². The van der Waals surface area contributed by atoms with E-state index in [0.29, 0.717) is 0 Å². The minimum absolute atomic E-state index is 0.0939. The summed E-state index contributed by atoms with van der Waals surface area (Å²) in [5.74, 6) is 0. The molecule has 0 N–H and O–H groups in total. The van der Waals surface area contributed by atoms with Crippen LogP contribution in [0.5, 0.6) is 0 Å². The summed E-state index contributed by atoms with van der Waals surface area (Å²) in [6.45, 7) is 19.9. The Kier molecular flexibility index (Phi) is 10.6. The molecule has 0 fully saturated rings. The average molecular weight is 703 g/mol. The molecule has 0 saturated carbocycles. The fourth-order valence-corrected chi connectivity index (χ4v) is 8.40. The van der Waals surface area contributed by atoms with Crippen molar-refractivity contribution in [1.82, 2.24) is 0 Å². The molecule has 0 unspecified atom stereocenters. The molecule has 5 aromatic rings. The first-order chi connectivity index (χ1) is 25.5. The molecule has 0 radical (unpaired) electrons. The van der Waals surface area contributed by atoms with E-state index in [1.807, 2.05) is 0 Å². The summed E-state index contributed by atoms with van der Waals surface area (Å²) < 4.78 is 5.53. The lowest BCUT2D eigenvalue weighted by Crippen LogP contribution is -2.61. The summed E-state index contributed by atoms with van der Waals surface area (Å²) in [6, 6.07) is 40.0. The van der Waals surface area contributed by atoms with Gasteiger partial charge in [0.05, 0.1) is 0 Å². The van der Waals surface area contributed by atoms with E-state index >= 15 is 0 Å². The van der Waals surface area contributed by atoms with Gasteiger partial charge in [-0.25, -0.2) is 0 Å². The Hall–Kier alpha value is -4.28. The summed E-state index contributed by atoms with van der Waals surface area (Å²) >= 11 is 0. The summed E-state index contributed by atoms with van der Waals surface area (Å²) in [7, 11) is 0. The van der Waals surface area contributed by atoms with Crippen LogP contribution in [0, 0.1) is 6.92 Å². The second-order valence-corrected chi connectivity index (χ2v) is 17.4. The molecule has 0 spiro atoms. The van der Waals surface area contributed by atoms with Gasteiger partial charge in [0.2, 0.25) is 0 Å². The molecule has 0 atom stereocenters. The van der Waals surface area contributed by atoms with Crippen LogP contribution in [0.1, 0.15) is 109 Å². The molecule has 274 valence electrons. The van der Waals surface area contributed by atoms with Crippen LogP contribution in [0.15, 0.2) is 103 Å². The maximum absolute atomic E-state index is 5.53. The van der Waals surface area contributed by atoms with Gasteiger partial charge in [-0.2, -0.15) is 0 Å². The van der Waals surface area contributed by atoms with Gasteiger partial charge in [0.1, 0.15) is 0 Å². The third kappa shape index (κ3) is 7.58. The number of unbranched alkanes of at least 4 members (excludes halogenated alkanes) is 5. The van der Waals surface area contributed by atoms with E-state index in [1.54, 1.807) is 0 Å². The Morgan fingerprint density at radius 2 is 1.06 bits per heavy atom. The minimum atomic E-state index is 0.0939. The quantitative estimate of drug-likeness (QED) is 0.0931. The van der Waals surface area contributed by atoms with Gasteiger partial charge in [0, 0.05) is 47.3 Å². The third-order valence-electron chi connectivity index (χ3n) is 11.4. The Bertz CT molecular complexity index is 2030. The Balaban J connectivity index is 1.31. The van der Waals surface area contributed by atoms with Gasteiger partial charge in [-0.05, 0) is 131 Å². The Morgan fingerprint density at radius 1 is 0.547 bits per heavy atom. The molecule has 7 rings (SSSR count). The van der Waals surface area contributed by atoms with Gasteiger partial charge in [0.25, 0.3) is 6.71 Å². The normalized spacial score (nSPS) is 13.5. The van der Waals surface area contributed by atoms with Crippen LogP contribution in [0.25, 0.3) is 0 Å². The van der Waals surface area contributed by atoms with Crippen LogP contribution in [0.2, 0.25) is 0 Å². The summed E-state index contributed by atoms with van der Waals surface area (Å²) in [5, 5.41) is 0. The van der Waals surface area contributed by atoms with E-state index in [0.717, 1.165) is 19.6 Å². The molecule has 5 aromatic carbocycles. The molecular weight excluding hydrogens is 643 g/mol. The molecule has 0 aliphatic carbocycles. The maximum atomic E-state index is 5.53. The zero-order valence-electron chi connectivity index (χ0n) is 33.6. The second-order valence-electron chi connectivity index (χ2n) is 17.4. The van der Waals surface area contributed by atoms with Crippen LogP contribution in [0.3, 0.4) is 0 Å². The van der Waals surface area contributed by atoms with Crippen LogP contribution >= 0.6 is 0 Å².